The summed E-state index contributed by atoms with van der Waals surface area (Å²) in [6.45, 7) is 3.46. The first kappa shape index (κ1) is 15.5. The van der Waals surface area contributed by atoms with Gasteiger partial charge in [-0.3, -0.25) is 0 Å². The summed E-state index contributed by atoms with van der Waals surface area (Å²) in [4.78, 5) is 17.2. The predicted octanol–water partition coefficient (Wildman–Crippen LogP) is 2.72. The monoisotopic (exact) mass is 331 g/mol. The first-order valence-electron chi connectivity index (χ1n) is 7.50. The Kier molecular flexibility index (Phi) is 4.57. The molecule has 3 heterocycles. The molecule has 3 rings (SSSR count). The van der Waals surface area contributed by atoms with E-state index in [1.807, 2.05) is 16.7 Å². The van der Waals surface area contributed by atoms with Gasteiger partial charge in [0.05, 0.1) is 12.9 Å². The van der Waals surface area contributed by atoms with Gasteiger partial charge in [0, 0.05) is 18.3 Å². The fourth-order valence-corrected chi connectivity index (χ4v) is 2.44. The van der Waals surface area contributed by atoms with Crippen LogP contribution < -0.4 is 11.1 Å². The summed E-state index contributed by atoms with van der Waals surface area (Å²) in [6, 6.07) is 3.77. The number of nitrogen functional groups attached to an aromatic ring is 1. The van der Waals surface area contributed by atoms with Crippen molar-refractivity contribution in [2.75, 3.05) is 17.6 Å². The molecule has 120 valence electrons. The number of nitrogens with zero attached hydrogens (tertiary/aromatic N) is 5. The second kappa shape index (κ2) is 6.78. The molecule has 0 bridgehead atoms. The molecule has 3 aromatic heterocycles. The van der Waals surface area contributed by atoms with Gasteiger partial charge in [0.15, 0.2) is 11.5 Å². The highest BCUT2D eigenvalue weighted by Crippen LogP contribution is 2.21. The molecule has 0 atom stereocenters. The van der Waals surface area contributed by atoms with Crippen molar-refractivity contribution >= 4 is 34.5 Å². The minimum absolute atomic E-state index is 0.366. The third kappa shape index (κ3) is 3.34. The average molecular weight is 332 g/mol. The van der Waals surface area contributed by atoms with E-state index in [0.717, 1.165) is 24.9 Å². The minimum atomic E-state index is 0.366. The summed E-state index contributed by atoms with van der Waals surface area (Å²) in [5.74, 6) is 0.882. The lowest BCUT2D eigenvalue weighted by molar-refractivity contribution is 0.805. The zero-order valence-electron chi connectivity index (χ0n) is 12.8. The molecule has 0 saturated heterocycles. The molecule has 0 unspecified atom stereocenters. The van der Waals surface area contributed by atoms with Crippen molar-refractivity contribution < 1.29 is 0 Å². The van der Waals surface area contributed by atoms with Crippen molar-refractivity contribution in [1.82, 2.24) is 24.5 Å². The first-order valence-corrected chi connectivity index (χ1v) is 7.88. The lowest BCUT2D eigenvalue weighted by Crippen LogP contribution is -2.08. The number of fused-ring (bicyclic) bond motifs is 1. The molecule has 0 aliphatic rings. The maximum absolute atomic E-state index is 6.12. The normalized spacial score (nSPS) is 11.0. The van der Waals surface area contributed by atoms with Gasteiger partial charge in [-0.05, 0) is 12.5 Å². The summed E-state index contributed by atoms with van der Waals surface area (Å²) < 4.78 is 1.89. The Bertz CT molecular complexity index is 815. The zero-order valence-corrected chi connectivity index (χ0v) is 13.6. The van der Waals surface area contributed by atoms with Gasteiger partial charge < -0.3 is 15.6 Å². The van der Waals surface area contributed by atoms with Crippen LogP contribution in [0.15, 0.2) is 24.7 Å². The Hall–Kier alpha value is -2.41. The minimum Gasteiger partial charge on any atom is -0.382 e. The predicted molar refractivity (Wildman–Crippen MR) is 91.5 cm³/mol. The molecule has 0 spiro atoms. The van der Waals surface area contributed by atoms with Crippen LogP contribution in [0.1, 0.15) is 25.3 Å². The highest BCUT2D eigenvalue weighted by molar-refractivity contribution is 6.30. The Morgan fingerprint density at radius 3 is 2.96 bits per heavy atom. The number of hydrogen-bond acceptors (Lipinski definition) is 6. The molecule has 0 aliphatic heterocycles. The SMILES string of the molecule is CCCCNc1nc(N)c2ncn(Cc3cccnc3Cl)c2n1. The van der Waals surface area contributed by atoms with E-state index in [-0.39, 0.29) is 0 Å². The van der Waals surface area contributed by atoms with Gasteiger partial charge in [-0.2, -0.15) is 9.97 Å². The largest absolute Gasteiger partial charge is 0.382 e. The molecule has 0 amide bonds. The Labute approximate surface area is 138 Å². The average Bonchev–Trinajstić information content (AvgIpc) is 2.94. The van der Waals surface area contributed by atoms with Crippen LogP contribution in [0.5, 0.6) is 0 Å². The molecule has 0 aliphatic carbocycles. The summed E-state index contributed by atoms with van der Waals surface area (Å²) >= 11 is 6.12. The van der Waals surface area contributed by atoms with Gasteiger partial charge in [-0.15, -0.1) is 0 Å². The fourth-order valence-electron chi connectivity index (χ4n) is 2.26. The molecule has 8 heteroatoms. The summed E-state index contributed by atoms with van der Waals surface area (Å²) in [5, 5.41) is 3.66. The van der Waals surface area contributed by atoms with Crippen LogP contribution in [-0.2, 0) is 6.54 Å². The van der Waals surface area contributed by atoms with Gasteiger partial charge in [0.1, 0.15) is 10.7 Å². The number of imidazole rings is 1. The van der Waals surface area contributed by atoms with E-state index in [4.69, 9.17) is 17.3 Å². The molecule has 0 saturated carbocycles. The standard InChI is InChI=1S/C15H18ClN7/c1-2-3-6-19-15-21-13(17)11-14(22-15)23(9-20-11)8-10-5-4-7-18-12(10)16/h4-5,7,9H,2-3,6,8H2,1H3,(H3,17,19,21,22). The number of aromatic nitrogens is 5. The van der Waals surface area contributed by atoms with Crippen LogP contribution in [0.4, 0.5) is 11.8 Å². The number of unbranched alkanes of at least 4 members (excludes halogenated alkanes) is 1. The molecule has 0 fully saturated rings. The number of nitrogens with two attached hydrogens (primary N) is 1. The number of pyridine rings is 1. The van der Waals surface area contributed by atoms with E-state index in [2.05, 4.69) is 32.2 Å². The molecule has 0 radical (unpaired) electrons. The third-order valence-electron chi connectivity index (χ3n) is 3.48. The van der Waals surface area contributed by atoms with E-state index >= 15 is 0 Å². The van der Waals surface area contributed by atoms with E-state index < -0.39 is 0 Å². The van der Waals surface area contributed by atoms with Gasteiger partial charge in [-0.1, -0.05) is 31.0 Å². The second-order valence-electron chi connectivity index (χ2n) is 5.21. The smallest absolute Gasteiger partial charge is 0.226 e. The Morgan fingerprint density at radius 2 is 2.17 bits per heavy atom. The van der Waals surface area contributed by atoms with Crippen LogP contribution in [0.2, 0.25) is 5.15 Å². The molecule has 3 N–H and O–H groups in total. The number of halogens is 1. The van der Waals surface area contributed by atoms with Crippen LogP contribution in [0, 0.1) is 0 Å². The Balaban J connectivity index is 1.93. The topological polar surface area (TPSA) is 94.5 Å². The second-order valence-corrected chi connectivity index (χ2v) is 5.57. The maximum atomic E-state index is 6.12. The zero-order chi connectivity index (χ0) is 16.2. The number of hydrogen-bond donors (Lipinski definition) is 2. The van der Waals surface area contributed by atoms with Crippen molar-refractivity contribution in [1.29, 1.82) is 0 Å². The van der Waals surface area contributed by atoms with E-state index in [9.17, 15) is 0 Å². The quantitative estimate of drug-likeness (QED) is 0.532. The summed E-state index contributed by atoms with van der Waals surface area (Å²) in [7, 11) is 0. The molecule has 23 heavy (non-hydrogen) atoms. The van der Waals surface area contributed by atoms with Crippen LogP contribution >= 0.6 is 11.6 Å². The van der Waals surface area contributed by atoms with Crippen molar-refractivity contribution in [3.05, 3.63) is 35.4 Å². The fraction of sp³-hybridized carbons (Fsp3) is 0.333. The highest BCUT2D eigenvalue weighted by Gasteiger charge is 2.12. The molecular weight excluding hydrogens is 314 g/mol. The van der Waals surface area contributed by atoms with Crippen LogP contribution in [0.25, 0.3) is 11.2 Å². The van der Waals surface area contributed by atoms with Gasteiger partial charge >= 0.3 is 0 Å². The lowest BCUT2D eigenvalue weighted by Gasteiger charge is -2.08. The van der Waals surface area contributed by atoms with Gasteiger partial charge in [-0.25, -0.2) is 9.97 Å². The molecule has 7 nitrogen and oxygen atoms in total. The van der Waals surface area contributed by atoms with Gasteiger partial charge in [0.25, 0.3) is 0 Å². The van der Waals surface area contributed by atoms with E-state index in [0.29, 0.717) is 34.6 Å². The van der Waals surface area contributed by atoms with Crippen molar-refractivity contribution in [2.24, 2.45) is 0 Å². The first-order chi connectivity index (χ1) is 11.2. The molecule has 3 aromatic rings. The number of anilines is 2. The van der Waals surface area contributed by atoms with Crippen molar-refractivity contribution in [3.8, 4) is 0 Å². The highest BCUT2D eigenvalue weighted by atomic mass is 35.5. The molecule has 0 aromatic carbocycles. The van der Waals surface area contributed by atoms with Crippen molar-refractivity contribution in [3.63, 3.8) is 0 Å². The molecular formula is C15H18ClN7. The van der Waals surface area contributed by atoms with Crippen LogP contribution in [0.3, 0.4) is 0 Å². The maximum Gasteiger partial charge on any atom is 0.226 e. The summed E-state index contributed by atoms with van der Waals surface area (Å²) in [6.07, 6.45) is 5.50. The van der Waals surface area contributed by atoms with Crippen LogP contribution in [-0.4, -0.2) is 31.0 Å². The van der Waals surface area contributed by atoms with E-state index in [1.165, 1.54) is 0 Å². The number of nitrogens with one attached hydrogen (secondary N) is 1. The van der Waals surface area contributed by atoms with Gasteiger partial charge in [0.2, 0.25) is 5.95 Å². The third-order valence-corrected chi connectivity index (χ3v) is 3.82. The summed E-state index contributed by atoms with van der Waals surface area (Å²) in [5.41, 5.74) is 8.15. The van der Waals surface area contributed by atoms with Crippen molar-refractivity contribution in [2.45, 2.75) is 26.3 Å². The van der Waals surface area contributed by atoms with E-state index in [1.54, 1.807) is 12.5 Å². The Morgan fingerprint density at radius 1 is 1.30 bits per heavy atom. The number of rotatable bonds is 6. The lowest BCUT2D eigenvalue weighted by atomic mass is 10.3.